The van der Waals surface area contributed by atoms with E-state index in [2.05, 4.69) is 24.0 Å². The molecule has 0 aliphatic heterocycles. The van der Waals surface area contributed by atoms with E-state index >= 15 is 0 Å². The van der Waals surface area contributed by atoms with Crippen LogP contribution in [-0.2, 0) is 11.8 Å². The summed E-state index contributed by atoms with van der Waals surface area (Å²) in [6, 6.07) is 0. The topological polar surface area (TPSA) is 64.9 Å². The lowest BCUT2D eigenvalue weighted by Gasteiger charge is -2.32. The third-order valence-electron chi connectivity index (χ3n) is 3.71. The predicted molar refractivity (Wildman–Crippen MR) is 66.7 cm³/mol. The zero-order valence-electron chi connectivity index (χ0n) is 10.9. The van der Waals surface area contributed by atoms with Gasteiger partial charge < -0.3 is 10.3 Å². The molecule has 1 aliphatic rings. The highest BCUT2D eigenvalue weighted by Gasteiger charge is 2.37. The largest absolute Gasteiger partial charge is 0.339 e. The smallest absolute Gasteiger partial charge is 0.234 e. The lowest BCUT2D eigenvalue weighted by atomic mass is 9.74. The molecule has 1 saturated carbocycles. The summed E-state index contributed by atoms with van der Waals surface area (Å²) in [5.74, 6) is 2.16. The highest BCUT2D eigenvalue weighted by Crippen LogP contribution is 2.37. The summed E-state index contributed by atoms with van der Waals surface area (Å²) < 4.78 is 5.46. The van der Waals surface area contributed by atoms with Crippen molar-refractivity contribution in [2.45, 2.75) is 57.8 Å². The Hall–Kier alpha value is -0.900. The van der Waals surface area contributed by atoms with E-state index in [1.807, 2.05) is 0 Å². The van der Waals surface area contributed by atoms with Crippen molar-refractivity contribution in [3.8, 4) is 0 Å². The summed E-state index contributed by atoms with van der Waals surface area (Å²) >= 11 is 0. The van der Waals surface area contributed by atoms with E-state index in [0.29, 0.717) is 12.5 Å². The molecule has 0 aromatic carbocycles. The van der Waals surface area contributed by atoms with Crippen LogP contribution in [0, 0.1) is 5.92 Å². The van der Waals surface area contributed by atoms with Crippen molar-refractivity contribution in [3.63, 3.8) is 0 Å². The number of aromatic nitrogens is 2. The predicted octanol–water partition coefficient (Wildman–Crippen LogP) is 2.43. The first kappa shape index (κ1) is 12.6. The van der Waals surface area contributed by atoms with Gasteiger partial charge in [0.25, 0.3) is 0 Å². The van der Waals surface area contributed by atoms with Gasteiger partial charge in [-0.05, 0) is 18.8 Å². The first-order valence-corrected chi connectivity index (χ1v) is 6.69. The minimum atomic E-state index is -0.0412. The van der Waals surface area contributed by atoms with Crippen molar-refractivity contribution in [1.29, 1.82) is 0 Å². The second kappa shape index (κ2) is 5.17. The Labute approximate surface area is 103 Å². The van der Waals surface area contributed by atoms with Gasteiger partial charge in [-0.15, -0.1) is 0 Å². The van der Waals surface area contributed by atoms with Crippen LogP contribution in [-0.4, -0.2) is 16.7 Å². The third kappa shape index (κ3) is 2.68. The molecular weight excluding hydrogens is 214 g/mol. The molecule has 0 unspecified atom stereocenters. The van der Waals surface area contributed by atoms with Crippen molar-refractivity contribution < 1.29 is 4.52 Å². The molecule has 0 atom stereocenters. The van der Waals surface area contributed by atoms with Crippen LogP contribution in [0.4, 0.5) is 0 Å². The lowest BCUT2D eigenvalue weighted by Crippen LogP contribution is -2.37. The molecule has 1 aromatic rings. The molecule has 17 heavy (non-hydrogen) atoms. The molecule has 4 nitrogen and oxygen atoms in total. The van der Waals surface area contributed by atoms with Gasteiger partial charge >= 0.3 is 0 Å². The summed E-state index contributed by atoms with van der Waals surface area (Å²) in [7, 11) is 0. The van der Waals surface area contributed by atoms with Crippen LogP contribution in [0.25, 0.3) is 0 Å². The first-order chi connectivity index (χ1) is 8.16. The van der Waals surface area contributed by atoms with Crippen LogP contribution in [0.15, 0.2) is 4.52 Å². The summed E-state index contributed by atoms with van der Waals surface area (Å²) in [6.45, 7) is 4.95. The van der Waals surface area contributed by atoms with Gasteiger partial charge in [-0.1, -0.05) is 38.3 Å². The highest BCUT2D eigenvalue weighted by molar-refractivity contribution is 5.08. The second-order valence-electron chi connectivity index (χ2n) is 5.66. The van der Waals surface area contributed by atoms with Gasteiger partial charge in [0.15, 0.2) is 5.82 Å². The summed E-state index contributed by atoms with van der Waals surface area (Å²) in [6.07, 6.45) is 6.80. The molecule has 2 N–H and O–H groups in total. The number of rotatable bonds is 4. The number of nitrogens with zero attached hydrogens (tertiary/aromatic N) is 2. The van der Waals surface area contributed by atoms with E-state index < -0.39 is 0 Å². The summed E-state index contributed by atoms with van der Waals surface area (Å²) in [5.41, 5.74) is 5.91. The van der Waals surface area contributed by atoms with Crippen molar-refractivity contribution in [2.24, 2.45) is 11.7 Å². The zero-order valence-corrected chi connectivity index (χ0v) is 10.9. The van der Waals surface area contributed by atoms with Crippen molar-refractivity contribution in [3.05, 3.63) is 11.7 Å². The highest BCUT2D eigenvalue weighted by atomic mass is 16.5. The molecule has 0 amide bonds. The van der Waals surface area contributed by atoms with E-state index in [0.717, 1.165) is 31.0 Å². The van der Waals surface area contributed by atoms with E-state index in [1.165, 1.54) is 19.3 Å². The number of hydrogen-bond acceptors (Lipinski definition) is 4. The van der Waals surface area contributed by atoms with Crippen LogP contribution in [0.3, 0.4) is 0 Å². The molecule has 0 spiro atoms. The fraction of sp³-hybridized carbons (Fsp3) is 0.846. The minimum absolute atomic E-state index is 0.0412. The van der Waals surface area contributed by atoms with Crippen LogP contribution in [0.5, 0.6) is 0 Å². The average molecular weight is 237 g/mol. The number of hydrogen-bond donors (Lipinski definition) is 1. The molecular formula is C13H23N3O. The number of nitrogens with two attached hydrogens (primary N) is 1. The Kier molecular flexibility index (Phi) is 3.82. The van der Waals surface area contributed by atoms with Crippen LogP contribution in [0.1, 0.15) is 57.7 Å². The van der Waals surface area contributed by atoms with E-state index in [1.54, 1.807) is 0 Å². The van der Waals surface area contributed by atoms with Gasteiger partial charge in [0.05, 0.1) is 5.41 Å². The van der Waals surface area contributed by atoms with Crippen molar-refractivity contribution in [2.75, 3.05) is 6.54 Å². The first-order valence-electron chi connectivity index (χ1n) is 6.69. The molecule has 0 radical (unpaired) electrons. The van der Waals surface area contributed by atoms with E-state index in [9.17, 15) is 0 Å². The van der Waals surface area contributed by atoms with Gasteiger partial charge in [0, 0.05) is 13.0 Å². The summed E-state index contributed by atoms with van der Waals surface area (Å²) in [4.78, 5) is 4.56. The van der Waals surface area contributed by atoms with Gasteiger partial charge in [0.2, 0.25) is 5.89 Å². The molecule has 4 heteroatoms. The molecule has 0 bridgehead atoms. The normalized spacial score (nSPS) is 19.8. The monoisotopic (exact) mass is 237 g/mol. The molecule has 1 heterocycles. The molecule has 1 aliphatic carbocycles. The maximum Gasteiger partial charge on any atom is 0.234 e. The molecule has 0 saturated heterocycles. The SMILES string of the molecule is CC(C)Cc1noc(C2(CN)CCCCC2)n1. The van der Waals surface area contributed by atoms with Gasteiger partial charge in [-0.25, -0.2) is 0 Å². The van der Waals surface area contributed by atoms with Gasteiger partial charge in [0.1, 0.15) is 0 Å². The van der Waals surface area contributed by atoms with Crippen molar-refractivity contribution in [1.82, 2.24) is 10.1 Å². The maximum atomic E-state index is 5.95. The van der Waals surface area contributed by atoms with Gasteiger partial charge in [-0.2, -0.15) is 4.98 Å². The van der Waals surface area contributed by atoms with Crippen LogP contribution < -0.4 is 5.73 Å². The van der Waals surface area contributed by atoms with Gasteiger partial charge in [-0.3, -0.25) is 0 Å². The van der Waals surface area contributed by atoms with Crippen LogP contribution >= 0.6 is 0 Å². The summed E-state index contributed by atoms with van der Waals surface area (Å²) in [5, 5.41) is 4.08. The fourth-order valence-corrected chi connectivity index (χ4v) is 2.65. The zero-order chi connectivity index (χ0) is 12.3. The quantitative estimate of drug-likeness (QED) is 0.873. The van der Waals surface area contributed by atoms with E-state index in [4.69, 9.17) is 10.3 Å². The fourth-order valence-electron chi connectivity index (χ4n) is 2.65. The molecule has 96 valence electrons. The Morgan fingerprint density at radius 1 is 1.29 bits per heavy atom. The minimum Gasteiger partial charge on any atom is -0.339 e. The Morgan fingerprint density at radius 2 is 2.00 bits per heavy atom. The average Bonchev–Trinajstić information content (AvgIpc) is 2.78. The maximum absolute atomic E-state index is 5.95. The van der Waals surface area contributed by atoms with Crippen molar-refractivity contribution >= 4 is 0 Å². The molecule has 1 fully saturated rings. The van der Waals surface area contributed by atoms with E-state index in [-0.39, 0.29) is 5.41 Å². The molecule has 2 rings (SSSR count). The van der Waals surface area contributed by atoms with Crippen LogP contribution in [0.2, 0.25) is 0 Å². The lowest BCUT2D eigenvalue weighted by molar-refractivity contribution is 0.219. The third-order valence-corrected chi connectivity index (χ3v) is 3.71. The molecule has 1 aromatic heterocycles. The Morgan fingerprint density at radius 3 is 2.59 bits per heavy atom. The second-order valence-corrected chi connectivity index (χ2v) is 5.66. The standard InChI is InChI=1S/C13H23N3O/c1-10(2)8-11-15-12(17-16-11)13(9-14)6-4-3-5-7-13/h10H,3-9,14H2,1-2H3. The Balaban J connectivity index is 2.16. The Bertz CT molecular complexity index is 353.